The van der Waals surface area contributed by atoms with Gasteiger partial charge in [0.1, 0.15) is 5.69 Å². The summed E-state index contributed by atoms with van der Waals surface area (Å²) in [6.07, 6.45) is 4.48. The molecule has 2 heterocycles. The summed E-state index contributed by atoms with van der Waals surface area (Å²) in [5.74, 6) is -0.0495. The van der Waals surface area contributed by atoms with Gasteiger partial charge in [-0.15, -0.1) is 0 Å². The third-order valence-electron chi connectivity index (χ3n) is 6.73. The maximum Gasteiger partial charge on any atom is 0.292 e. The van der Waals surface area contributed by atoms with Crippen molar-refractivity contribution < 1.29 is 9.72 Å². The third kappa shape index (κ3) is 4.20. The summed E-state index contributed by atoms with van der Waals surface area (Å²) in [6.45, 7) is 1.69. The molecule has 1 saturated heterocycles. The van der Waals surface area contributed by atoms with Crippen molar-refractivity contribution in [1.29, 1.82) is 0 Å². The highest BCUT2D eigenvalue weighted by Gasteiger charge is 2.29. The molecule has 8 heteroatoms. The minimum atomic E-state index is -0.346. The Morgan fingerprint density at radius 3 is 2.55 bits per heavy atom. The Morgan fingerprint density at radius 2 is 1.79 bits per heavy atom. The van der Waals surface area contributed by atoms with Gasteiger partial charge < -0.3 is 10.2 Å². The zero-order valence-corrected chi connectivity index (χ0v) is 18.4. The molecule has 1 fully saturated rings. The molecule has 0 saturated carbocycles. The van der Waals surface area contributed by atoms with Gasteiger partial charge in [-0.25, -0.2) is 4.68 Å². The minimum Gasteiger partial charge on any atom is -0.366 e. The van der Waals surface area contributed by atoms with Crippen LogP contribution in [-0.4, -0.2) is 33.7 Å². The molecular formula is C25H27N5O3. The van der Waals surface area contributed by atoms with Gasteiger partial charge in [0.15, 0.2) is 0 Å². The number of anilines is 1. The molecule has 0 bridgehead atoms. The highest BCUT2D eigenvalue weighted by atomic mass is 16.6. The molecule has 0 radical (unpaired) electrons. The summed E-state index contributed by atoms with van der Waals surface area (Å²) < 4.78 is 2.02. The number of hydrogen-bond acceptors (Lipinski definition) is 5. The van der Waals surface area contributed by atoms with Gasteiger partial charge in [-0.1, -0.05) is 30.3 Å². The average molecular weight is 446 g/mol. The van der Waals surface area contributed by atoms with Crippen LogP contribution in [0.1, 0.15) is 36.2 Å². The molecule has 0 atom stereocenters. The lowest BCUT2D eigenvalue weighted by molar-refractivity contribution is -0.384. The van der Waals surface area contributed by atoms with Gasteiger partial charge in [0.25, 0.3) is 5.69 Å². The van der Waals surface area contributed by atoms with E-state index < -0.39 is 0 Å². The molecule has 2 aromatic carbocycles. The van der Waals surface area contributed by atoms with Gasteiger partial charge in [0, 0.05) is 30.8 Å². The van der Waals surface area contributed by atoms with Crippen molar-refractivity contribution in [3.8, 4) is 5.69 Å². The normalized spacial score (nSPS) is 15.9. The molecule has 0 spiro atoms. The summed E-state index contributed by atoms with van der Waals surface area (Å²) in [5, 5.41) is 19.3. The van der Waals surface area contributed by atoms with Crippen LogP contribution in [0.15, 0.2) is 54.6 Å². The number of carbonyl (C=O) groups excluding carboxylic acids is 1. The molecule has 170 valence electrons. The Bertz CT molecular complexity index is 1170. The second kappa shape index (κ2) is 9.05. The van der Waals surface area contributed by atoms with Crippen LogP contribution >= 0.6 is 0 Å². The fourth-order valence-corrected chi connectivity index (χ4v) is 5.02. The second-order valence-corrected chi connectivity index (χ2v) is 8.70. The van der Waals surface area contributed by atoms with E-state index in [0.717, 1.165) is 30.6 Å². The number of rotatable bonds is 6. The van der Waals surface area contributed by atoms with Crippen molar-refractivity contribution in [1.82, 2.24) is 15.1 Å². The van der Waals surface area contributed by atoms with Gasteiger partial charge in [-0.05, 0) is 55.9 Å². The molecule has 5 rings (SSSR count). The maximum atomic E-state index is 12.9. The van der Waals surface area contributed by atoms with E-state index in [9.17, 15) is 14.9 Å². The quantitative estimate of drug-likeness (QED) is 0.460. The Labute approximate surface area is 192 Å². The standard InChI is InChI=1S/C25H27N5O3/c31-25(18-13-15-28(16-14-18)23-10-4-5-11-24(23)30(32)33)26-17-21-20-9-6-12-22(20)29(27-21)19-7-2-1-3-8-19/h1-5,7-8,10-11,18H,6,9,12-17H2,(H,26,31). The fourth-order valence-electron chi connectivity index (χ4n) is 5.02. The Balaban J connectivity index is 1.22. The number of piperidine rings is 1. The van der Waals surface area contributed by atoms with E-state index in [2.05, 4.69) is 17.4 Å². The van der Waals surface area contributed by atoms with Crippen molar-refractivity contribution in [3.63, 3.8) is 0 Å². The summed E-state index contributed by atoms with van der Waals surface area (Å²) in [7, 11) is 0. The molecule has 1 aromatic heterocycles. The van der Waals surface area contributed by atoms with Crippen LogP contribution in [0.4, 0.5) is 11.4 Å². The number of nitro groups is 1. The monoisotopic (exact) mass is 445 g/mol. The summed E-state index contributed by atoms with van der Waals surface area (Å²) in [5.41, 5.74) is 5.27. The van der Waals surface area contributed by atoms with E-state index in [-0.39, 0.29) is 22.4 Å². The number of hydrogen-bond donors (Lipinski definition) is 1. The highest BCUT2D eigenvalue weighted by molar-refractivity contribution is 5.79. The van der Waals surface area contributed by atoms with Crippen LogP contribution in [0, 0.1) is 16.0 Å². The largest absolute Gasteiger partial charge is 0.366 e. The van der Waals surface area contributed by atoms with Crippen molar-refractivity contribution >= 4 is 17.3 Å². The third-order valence-corrected chi connectivity index (χ3v) is 6.73. The molecule has 3 aromatic rings. The lowest BCUT2D eigenvalue weighted by Gasteiger charge is -2.32. The topological polar surface area (TPSA) is 93.3 Å². The van der Waals surface area contributed by atoms with Crippen molar-refractivity contribution in [2.24, 2.45) is 5.92 Å². The second-order valence-electron chi connectivity index (χ2n) is 8.70. The molecule has 1 N–H and O–H groups in total. The lowest BCUT2D eigenvalue weighted by Crippen LogP contribution is -2.40. The first-order chi connectivity index (χ1) is 16.1. The zero-order chi connectivity index (χ0) is 22.8. The number of nitro benzene ring substituents is 1. The van der Waals surface area contributed by atoms with Crippen LogP contribution in [0.5, 0.6) is 0 Å². The highest BCUT2D eigenvalue weighted by Crippen LogP contribution is 2.31. The van der Waals surface area contributed by atoms with Gasteiger partial charge in [-0.2, -0.15) is 5.10 Å². The van der Waals surface area contributed by atoms with Crippen LogP contribution < -0.4 is 10.2 Å². The Kier molecular flexibility index (Phi) is 5.81. The molecule has 0 unspecified atom stereocenters. The first-order valence-corrected chi connectivity index (χ1v) is 11.5. The van der Waals surface area contributed by atoms with E-state index in [4.69, 9.17) is 5.10 Å². The smallest absolute Gasteiger partial charge is 0.292 e. The molecule has 1 amide bonds. The molecular weight excluding hydrogens is 418 g/mol. The molecule has 1 aliphatic carbocycles. The predicted molar refractivity (Wildman–Crippen MR) is 125 cm³/mol. The number of aromatic nitrogens is 2. The number of nitrogens with one attached hydrogen (secondary N) is 1. The molecule has 2 aliphatic rings. The SMILES string of the molecule is O=C(NCc1nn(-c2ccccc2)c2c1CCC2)C1CCN(c2ccccc2[N+](=O)[O-])CC1. The van der Waals surface area contributed by atoms with Crippen molar-refractivity contribution in [3.05, 3.63) is 81.7 Å². The van der Waals surface area contributed by atoms with E-state index in [1.54, 1.807) is 12.1 Å². The van der Waals surface area contributed by atoms with E-state index >= 15 is 0 Å². The summed E-state index contributed by atoms with van der Waals surface area (Å²) in [6, 6.07) is 16.9. The van der Waals surface area contributed by atoms with Crippen LogP contribution in [0.25, 0.3) is 5.69 Å². The molecule has 8 nitrogen and oxygen atoms in total. The predicted octanol–water partition coefficient (Wildman–Crippen LogP) is 3.80. The molecule has 1 aliphatic heterocycles. The van der Waals surface area contributed by atoms with Crippen molar-refractivity contribution in [2.75, 3.05) is 18.0 Å². The average Bonchev–Trinajstić information content (AvgIpc) is 3.46. The molecule has 33 heavy (non-hydrogen) atoms. The van der Waals surface area contributed by atoms with Crippen LogP contribution in [-0.2, 0) is 24.2 Å². The first kappa shape index (κ1) is 21.2. The fraction of sp³-hybridized carbons (Fsp3) is 0.360. The van der Waals surface area contributed by atoms with E-state index in [0.29, 0.717) is 38.2 Å². The van der Waals surface area contributed by atoms with Crippen molar-refractivity contribution in [2.45, 2.75) is 38.6 Å². The first-order valence-electron chi connectivity index (χ1n) is 11.5. The summed E-state index contributed by atoms with van der Waals surface area (Å²) >= 11 is 0. The number of nitrogens with zero attached hydrogens (tertiary/aromatic N) is 4. The number of benzene rings is 2. The van der Waals surface area contributed by atoms with Gasteiger partial charge in [-0.3, -0.25) is 14.9 Å². The van der Waals surface area contributed by atoms with E-state index in [1.165, 1.54) is 17.3 Å². The van der Waals surface area contributed by atoms with E-state index in [1.807, 2.05) is 33.8 Å². The maximum absolute atomic E-state index is 12.9. The van der Waals surface area contributed by atoms with Crippen LogP contribution in [0.3, 0.4) is 0 Å². The van der Waals surface area contributed by atoms with Crippen LogP contribution in [0.2, 0.25) is 0 Å². The van der Waals surface area contributed by atoms with Gasteiger partial charge in [0.05, 0.1) is 22.8 Å². The number of para-hydroxylation sites is 3. The number of amides is 1. The minimum absolute atomic E-state index is 0.0400. The Morgan fingerprint density at radius 1 is 1.06 bits per heavy atom. The zero-order valence-electron chi connectivity index (χ0n) is 18.4. The van der Waals surface area contributed by atoms with Gasteiger partial charge in [0.2, 0.25) is 5.91 Å². The number of fused-ring (bicyclic) bond motifs is 1. The summed E-state index contributed by atoms with van der Waals surface area (Å²) in [4.78, 5) is 25.9. The lowest BCUT2D eigenvalue weighted by atomic mass is 9.95. The van der Waals surface area contributed by atoms with Gasteiger partial charge >= 0.3 is 0 Å². The Hall–Kier alpha value is -3.68. The number of carbonyl (C=O) groups is 1.